The molecule has 1 aromatic heterocycles. The highest BCUT2D eigenvalue weighted by atomic mass is 16.2. The molecule has 3 amide bonds. The van der Waals surface area contributed by atoms with Crippen LogP contribution in [0.15, 0.2) is 18.2 Å². The number of imide groups is 1. The predicted octanol–water partition coefficient (Wildman–Crippen LogP) is 1.34. The lowest BCUT2D eigenvalue weighted by atomic mass is 9.98. The first-order valence-corrected chi connectivity index (χ1v) is 10.0. The monoisotopic (exact) mass is 394 g/mol. The second-order valence-corrected chi connectivity index (χ2v) is 8.07. The van der Waals surface area contributed by atoms with Crippen molar-refractivity contribution in [3.05, 3.63) is 29.5 Å². The molecular formula is C21H22N4O4. The van der Waals surface area contributed by atoms with E-state index in [0.717, 1.165) is 54.4 Å². The van der Waals surface area contributed by atoms with E-state index in [1.165, 1.54) is 0 Å². The van der Waals surface area contributed by atoms with Gasteiger partial charge in [0.25, 0.3) is 5.91 Å². The molecule has 1 atom stereocenters. The first-order valence-electron chi connectivity index (χ1n) is 10.0. The predicted molar refractivity (Wildman–Crippen MR) is 105 cm³/mol. The third kappa shape index (κ3) is 2.90. The molecule has 2 N–H and O–H groups in total. The van der Waals surface area contributed by atoms with Crippen LogP contribution in [0.1, 0.15) is 41.7 Å². The first kappa shape index (κ1) is 17.9. The van der Waals surface area contributed by atoms with Gasteiger partial charge in [-0.15, -0.1) is 0 Å². The van der Waals surface area contributed by atoms with Crippen LogP contribution in [0.5, 0.6) is 0 Å². The number of anilines is 1. The van der Waals surface area contributed by atoms with Gasteiger partial charge in [0, 0.05) is 54.1 Å². The average Bonchev–Trinajstić information content (AvgIpc) is 3.24. The van der Waals surface area contributed by atoms with Crippen molar-refractivity contribution in [3.8, 4) is 0 Å². The van der Waals surface area contributed by atoms with Gasteiger partial charge in [-0.2, -0.15) is 0 Å². The number of aromatic amines is 1. The molecule has 150 valence electrons. The molecule has 0 saturated carbocycles. The fourth-order valence-corrected chi connectivity index (χ4v) is 4.70. The van der Waals surface area contributed by atoms with E-state index in [-0.39, 0.29) is 24.2 Å². The molecule has 8 heteroatoms. The van der Waals surface area contributed by atoms with Crippen LogP contribution in [0.4, 0.5) is 5.69 Å². The van der Waals surface area contributed by atoms with Gasteiger partial charge in [-0.05, 0) is 31.4 Å². The van der Waals surface area contributed by atoms with Crippen molar-refractivity contribution in [3.63, 3.8) is 0 Å². The molecule has 5 rings (SSSR count). The summed E-state index contributed by atoms with van der Waals surface area (Å²) < 4.78 is 0. The van der Waals surface area contributed by atoms with Gasteiger partial charge in [-0.3, -0.25) is 19.7 Å². The van der Waals surface area contributed by atoms with Gasteiger partial charge < -0.3 is 19.6 Å². The highest BCUT2D eigenvalue weighted by Crippen LogP contribution is 2.35. The Hall–Kier alpha value is -3.16. The molecule has 2 saturated heterocycles. The van der Waals surface area contributed by atoms with E-state index < -0.39 is 11.9 Å². The van der Waals surface area contributed by atoms with Crippen LogP contribution in [0, 0.1) is 5.92 Å². The Morgan fingerprint density at radius 1 is 1.07 bits per heavy atom. The maximum absolute atomic E-state index is 12.9. The maximum Gasteiger partial charge on any atom is 0.271 e. The second-order valence-electron chi connectivity index (χ2n) is 8.07. The molecule has 0 aliphatic carbocycles. The Labute approximate surface area is 167 Å². The Balaban J connectivity index is 1.39. The molecule has 8 nitrogen and oxygen atoms in total. The van der Waals surface area contributed by atoms with Crippen LogP contribution in [0.2, 0.25) is 0 Å². The van der Waals surface area contributed by atoms with Crippen LogP contribution in [-0.2, 0) is 20.9 Å². The number of piperidine rings is 2. The Bertz CT molecular complexity index is 1030. The summed E-state index contributed by atoms with van der Waals surface area (Å²) in [6, 6.07) is 5.52. The van der Waals surface area contributed by atoms with E-state index in [2.05, 4.69) is 27.3 Å². The third-order valence-electron chi connectivity index (χ3n) is 6.38. The zero-order chi connectivity index (χ0) is 20.1. The van der Waals surface area contributed by atoms with Crippen molar-refractivity contribution < 1.29 is 19.2 Å². The van der Waals surface area contributed by atoms with E-state index >= 15 is 0 Å². The van der Waals surface area contributed by atoms with Crippen LogP contribution >= 0.6 is 0 Å². The lowest BCUT2D eigenvalue weighted by Gasteiger charge is -2.31. The molecule has 4 heterocycles. The molecule has 3 aliphatic rings. The van der Waals surface area contributed by atoms with Gasteiger partial charge in [-0.25, -0.2) is 0 Å². The minimum absolute atomic E-state index is 0.153. The largest absolute Gasteiger partial charge is 0.371 e. The standard InChI is InChI=1S/C21H22N4O4/c26-11-12-5-7-24(8-6-12)13-1-2-14-15-10-25(17-3-4-18(27)23-20(17)28)21(29)19(15)22-16(14)9-13/h1-2,9,11-12,17,22H,3-8,10H2,(H,23,27,28). The van der Waals surface area contributed by atoms with Crippen LogP contribution in [0.3, 0.4) is 0 Å². The number of carbonyl (C=O) groups excluding carboxylic acids is 4. The van der Waals surface area contributed by atoms with Crippen molar-refractivity contribution in [2.75, 3.05) is 18.0 Å². The summed E-state index contributed by atoms with van der Waals surface area (Å²) in [5.41, 5.74) is 3.42. The summed E-state index contributed by atoms with van der Waals surface area (Å²) in [7, 11) is 0. The lowest BCUT2D eigenvalue weighted by molar-refractivity contribution is -0.136. The average molecular weight is 394 g/mol. The molecular weight excluding hydrogens is 372 g/mol. The molecule has 2 fully saturated rings. The molecule has 0 spiro atoms. The Morgan fingerprint density at radius 3 is 2.59 bits per heavy atom. The number of nitrogens with zero attached hydrogens (tertiary/aromatic N) is 2. The zero-order valence-corrected chi connectivity index (χ0v) is 15.9. The van der Waals surface area contributed by atoms with Crippen molar-refractivity contribution >= 4 is 40.6 Å². The smallest absolute Gasteiger partial charge is 0.271 e. The summed E-state index contributed by atoms with van der Waals surface area (Å²) in [6.07, 6.45) is 3.39. The number of aldehydes is 1. The summed E-state index contributed by atoms with van der Waals surface area (Å²) in [4.78, 5) is 54.5. The molecule has 29 heavy (non-hydrogen) atoms. The summed E-state index contributed by atoms with van der Waals surface area (Å²) >= 11 is 0. The SMILES string of the molecule is O=CC1CCN(c2ccc3c4c([nH]c3c2)C(=O)N(C2CCC(=O)NC2=O)C4)CC1. The summed E-state index contributed by atoms with van der Waals surface area (Å²) in [6.45, 7) is 2.06. The van der Waals surface area contributed by atoms with Crippen LogP contribution in [-0.4, -0.2) is 53.0 Å². The summed E-state index contributed by atoms with van der Waals surface area (Å²) in [5, 5.41) is 3.31. The molecule has 2 aromatic rings. The maximum atomic E-state index is 12.9. The van der Waals surface area contributed by atoms with Gasteiger partial charge in [0.15, 0.2) is 0 Å². The number of fused-ring (bicyclic) bond motifs is 3. The van der Waals surface area contributed by atoms with E-state index in [0.29, 0.717) is 18.7 Å². The topological polar surface area (TPSA) is 103 Å². The normalized spacial score (nSPS) is 22.9. The molecule has 1 aromatic carbocycles. The molecule has 3 aliphatic heterocycles. The van der Waals surface area contributed by atoms with Gasteiger partial charge in [-0.1, -0.05) is 6.07 Å². The fourth-order valence-electron chi connectivity index (χ4n) is 4.70. The third-order valence-corrected chi connectivity index (χ3v) is 6.38. The minimum atomic E-state index is -0.602. The molecule has 0 radical (unpaired) electrons. The van der Waals surface area contributed by atoms with Gasteiger partial charge in [0.1, 0.15) is 18.0 Å². The number of rotatable bonds is 3. The quantitative estimate of drug-likeness (QED) is 0.604. The number of amides is 3. The van der Waals surface area contributed by atoms with Crippen molar-refractivity contribution in [2.24, 2.45) is 5.92 Å². The fraction of sp³-hybridized carbons (Fsp3) is 0.429. The number of H-pyrrole nitrogens is 1. The highest BCUT2D eigenvalue weighted by molar-refractivity contribution is 6.08. The van der Waals surface area contributed by atoms with Gasteiger partial charge in [0.05, 0.1) is 0 Å². The number of hydrogen-bond acceptors (Lipinski definition) is 5. The zero-order valence-electron chi connectivity index (χ0n) is 15.9. The summed E-state index contributed by atoms with van der Waals surface area (Å²) in [5.74, 6) is -0.726. The number of aromatic nitrogens is 1. The first-order chi connectivity index (χ1) is 14.0. The van der Waals surface area contributed by atoms with Gasteiger partial charge >= 0.3 is 0 Å². The number of carbonyl (C=O) groups is 4. The second kappa shape index (κ2) is 6.72. The lowest BCUT2D eigenvalue weighted by Crippen LogP contribution is -2.52. The van der Waals surface area contributed by atoms with Crippen LogP contribution in [0.25, 0.3) is 10.9 Å². The van der Waals surface area contributed by atoms with Crippen molar-refractivity contribution in [1.82, 2.24) is 15.2 Å². The van der Waals surface area contributed by atoms with Crippen molar-refractivity contribution in [1.29, 1.82) is 0 Å². The van der Waals surface area contributed by atoms with E-state index in [4.69, 9.17) is 0 Å². The van der Waals surface area contributed by atoms with Gasteiger partial charge in [0.2, 0.25) is 11.8 Å². The van der Waals surface area contributed by atoms with E-state index in [1.54, 1.807) is 4.90 Å². The number of hydrogen-bond donors (Lipinski definition) is 2. The number of nitrogens with one attached hydrogen (secondary N) is 2. The van der Waals surface area contributed by atoms with Crippen LogP contribution < -0.4 is 10.2 Å². The Kier molecular flexibility index (Phi) is 4.15. The van der Waals surface area contributed by atoms with E-state index in [1.807, 2.05) is 6.07 Å². The molecule has 0 bridgehead atoms. The molecule has 1 unspecified atom stereocenters. The minimum Gasteiger partial charge on any atom is -0.371 e. The highest BCUT2D eigenvalue weighted by Gasteiger charge is 2.40. The van der Waals surface area contributed by atoms with Crippen molar-refractivity contribution in [2.45, 2.75) is 38.3 Å². The Morgan fingerprint density at radius 2 is 1.86 bits per heavy atom. The van der Waals surface area contributed by atoms with E-state index in [9.17, 15) is 19.2 Å². The number of benzene rings is 1.